The SMILES string of the molecule is CC(C)CCCCCCC(=O)OCCCCCCOC(=O)CCCCCCC(C)C. The molecule has 0 heterocycles. The van der Waals surface area contributed by atoms with Crippen LogP contribution in [0.25, 0.3) is 0 Å². The molecular formula is C26H50O4. The van der Waals surface area contributed by atoms with E-state index in [0.29, 0.717) is 26.1 Å². The van der Waals surface area contributed by atoms with Crippen LogP contribution in [-0.4, -0.2) is 25.2 Å². The highest BCUT2D eigenvalue weighted by molar-refractivity contribution is 5.69. The molecule has 0 aliphatic carbocycles. The molecule has 0 radical (unpaired) electrons. The van der Waals surface area contributed by atoms with Gasteiger partial charge in [-0.3, -0.25) is 9.59 Å². The maximum atomic E-state index is 11.7. The summed E-state index contributed by atoms with van der Waals surface area (Å²) in [6.45, 7) is 10.0. The van der Waals surface area contributed by atoms with Crippen molar-refractivity contribution in [1.29, 1.82) is 0 Å². The van der Waals surface area contributed by atoms with Gasteiger partial charge >= 0.3 is 11.9 Å². The van der Waals surface area contributed by atoms with Crippen LogP contribution >= 0.6 is 0 Å². The van der Waals surface area contributed by atoms with Crippen molar-refractivity contribution in [1.82, 2.24) is 0 Å². The van der Waals surface area contributed by atoms with E-state index in [9.17, 15) is 9.59 Å². The molecule has 0 rings (SSSR count). The van der Waals surface area contributed by atoms with Gasteiger partial charge in [0.1, 0.15) is 0 Å². The second-order valence-corrected chi connectivity index (χ2v) is 9.55. The maximum Gasteiger partial charge on any atom is 0.305 e. The van der Waals surface area contributed by atoms with Crippen LogP contribution in [0.1, 0.15) is 130 Å². The number of esters is 2. The van der Waals surface area contributed by atoms with Gasteiger partial charge in [-0.05, 0) is 50.4 Å². The summed E-state index contributed by atoms with van der Waals surface area (Å²) in [5.41, 5.74) is 0. The van der Waals surface area contributed by atoms with Crippen LogP contribution < -0.4 is 0 Å². The first-order chi connectivity index (χ1) is 14.4. The third kappa shape index (κ3) is 23.2. The Hall–Kier alpha value is -1.06. The first-order valence-corrected chi connectivity index (χ1v) is 12.7. The predicted octanol–water partition coefficient (Wildman–Crippen LogP) is 7.63. The first kappa shape index (κ1) is 28.9. The molecule has 0 N–H and O–H groups in total. The van der Waals surface area contributed by atoms with Gasteiger partial charge in [-0.2, -0.15) is 0 Å². The highest BCUT2D eigenvalue weighted by Crippen LogP contribution is 2.12. The average molecular weight is 427 g/mol. The van der Waals surface area contributed by atoms with Gasteiger partial charge in [0.15, 0.2) is 0 Å². The molecule has 178 valence electrons. The number of carbonyl (C=O) groups is 2. The van der Waals surface area contributed by atoms with Crippen molar-refractivity contribution in [2.24, 2.45) is 11.8 Å². The summed E-state index contributed by atoms with van der Waals surface area (Å²) in [6.07, 6.45) is 16.6. The summed E-state index contributed by atoms with van der Waals surface area (Å²) in [5, 5.41) is 0. The van der Waals surface area contributed by atoms with Gasteiger partial charge in [0, 0.05) is 12.8 Å². The summed E-state index contributed by atoms with van der Waals surface area (Å²) in [6, 6.07) is 0. The molecule has 4 heteroatoms. The molecule has 0 spiro atoms. The van der Waals surface area contributed by atoms with Gasteiger partial charge in [0.05, 0.1) is 13.2 Å². The monoisotopic (exact) mass is 426 g/mol. The zero-order chi connectivity index (χ0) is 22.5. The fraction of sp³-hybridized carbons (Fsp3) is 0.923. The van der Waals surface area contributed by atoms with Gasteiger partial charge in [0.25, 0.3) is 0 Å². The highest BCUT2D eigenvalue weighted by Gasteiger charge is 2.04. The van der Waals surface area contributed by atoms with Crippen molar-refractivity contribution in [3.8, 4) is 0 Å². The van der Waals surface area contributed by atoms with Crippen molar-refractivity contribution in [3.05, 3.63) is 0 Å². The van der Waals surface area contributed by atoms with Gasteiger partial charge < -0.3 is 9.47 Å². The lowest BCUT2D eigenvalue weighted by Gasteiger charge is -2.07. The summed E-state index contributed by atoms with van der Waals surface area (Å²) >= 11 is 0. The standard InChI is InChI=1S/C26H50O4/c1-23(2)17-11-5-7-13-19-25(27)29-21-15-9-10-16-22-30-26(28)20-14-8-6-12-18-24(3)4/h23-24H,5-22H2,1-4H3. The fourth-order valence-electron chi connectivity index (χ4n) is 3.42. The number of hydrogen-bond donors (Lipinski definition) is 0. The van der Waals surface area contributed by atoms with Crippen LogP contribution in [-0.2, 0) is 19.1 Å². The van der Waals surface area contributed by atoms with Crippen molar-refractivity contribution < 1.29 is 19.1 Å². The number of ether oxygens (including phenoxy) is 2. The molecule has 0 unspecified atom stereocenters. The van der Waals surface area contributed by atoms with Crippen molar-refractivity contribution >= 4 is 11.9 Å². The summed E-state index contributed by atoms with van der Waals surface area (Å²) < 4.78 is 10.6. The normalized spacial score (nSPS) is 11.3. The molecule has 0 aromatic carbocycles. The Morgan fingerprint density at radius 1 is 0.500 bits per heavy atom. The minimum absolute atomic E-state index is 0.0583. The molecule has 0 aliphatic heterocycles. The van der Waals surface area contributed by atoms with E-state index < -0.39 is 0 Å². The van der Waals surface area contributed by atoms with Gasteiger partial charge in [-0.1, -0.05) is 79.1 Å². The Balaban J connectivity index is 3.29. The van der Waals surface area contributed by atoms with E-state index in [2.05, 4.69) is 27.7 Å². The molecule has 0 saturated heterocycles. The van der Waals surface area contributed by atoms with E-state index in [-0.39, 0.29) is 11.9 Å². The van der Waals surface area contributed by atoms with Crippen molar-refractivity contribution in [2.45, 2.75) is 130 Å². The Labute approximate surface area is 186 Å². The lowest BCUT2D eigenvalue weighted by molar-refractivity contribution is -0.145. The molecule has 30 heavy (non-hydrogen) atoms. The molecule has 0 aromatic heterocycles. The minimum atomic E-state index is -0.0583. The van der Waals surface area contributed by atoms with Crippen LogP contribution in [0.15, 0.2) is 0 Å². The van der Waals surface area contributed by atoms with E-state index in [0.717, 1.165) is 63.2 Å². The molecule has 0 aliphatic rings. The van der Waals surface area contributed by atoms with Crippen LogP contribution in [0.5, 0.6) is 0 Å². The molecule has 0 saturated carbocycles. The second-order valence-electron chi connectivity index (χ2n) is 9.55. The molecule has 0 bridgehead atoms. The largest absolute Gasteiger partial charge is 0.466 e. The molecule has 0 aromatic rings. The predicted molar refractivity (Wildman–Crippen MR) is 125 cm³/mol. The Kier molecular flexibility index (Phi) is 20.4. The smallest absolute Gasteiger partial charge is 0.305 e. The quantitative estimate of drug-likeness (QED) is 0.140. The topological polar surface area (TPSA) is 52.6 Å². The molecular weight excluding hydrogens is 376 g/mol. The van der Waals surface area contributed by atoms with Crippen LogP contribution in [0.2, 0.25) is 0 Å². The summed E-state index contributed by atoms with van der Waals surface area (Å²) in [5.74, 6) is 1.43. The van der Waals surface area contributed by atoms with Crippen molar-refractivity contribution in [3.63, 3.8) is 0 Å². The van der Waals surface area contributed by atoms with Crippen LogP contribution in [0.3, 0.4) is 0 Å². The van der Waals surface area contributed by atoms with Crippen molar-refractivity contribution in [2.75, 3.05) is 13.2 Å². The summed E-state index contributed by atoms with van der Waals surface area (Å²) in [4.78, 5) is 23.4. The maximum absolute atomic E-state index is 11.7. The van der Waals surface area contributed by atoms with E-state index in [1.54, 1.807) is 0 Å². The van der Waals surface area contributed by atoms with E-state index in [4.69, 9.17) is 9.47 Å². The number of carbonyl (C=O) groups excluding carboxylic acids is 2. The van der Waals surface area contributed by atoms with Gasteiger partial charge in [-0.25, -0.2) is 0 Å². The molecule has 0 fully saturated rings. The first-order valence-electron chi connectivity index (χ1n) is 12.7. The van der Waals surface area contributed by atoms with E-state index in [1.165, 1.54) is 38.5 Å². The molecule has 0 amide bonds. The zero-order valence-corrected chi connectivity index (χ0v) is 20.5. The minimum Gasteiger partial charge on any atom is -0.466 e. The fourth-order valence-corrected chi connectivity index (χ4v) is 3.42. The second kappa shape index (κ2) is 21.2. The third-order valence-electron chi connectivity index (χ3n) is 5.39. The van der Waals surface area contributed by atoms with Gasteiger partial charge in [0.2, 0.25) is 0 Å². The number of hydrogen-bond acceptors (Lipinski definition) is 4. The highest BCUT2D eigenvalue weighted by atomic mass is 16.5. The number of unbranched alkanes of at least 4 members (excludes halogenated alkanes) is 9. The van der Waals surface area contributed by atoms with E-state index in [1.807, 2.05) is 0 Å². The molecule has 0 atom stereocenters. The third-order valence-corrected chi connectivity index (χ3v) is 5.39. The summed E-state index contributed by atoms with van der Waals surface area (Å²) in [7, 11) is 0. The Bertz CT molecular complexity index is 366. The van der Waals surface area contributed by atoms with Crippen LogP contribution in [0.4, 0.5) is 0 Å². The lowest BCUT2D eigenvalue weighted by atomic mass is 10.0. The average Bonchev–Trinajstić information content (AvgIpc) is 2.68. The number of rotatable bonds is 21. The zero-order valence-electron chi connectivity index (χ0n) is 20.5. The van der Waals surface area contributed by atoms with Crippen LogP contribution in [0, 0.1) is 11.8 Å². The lowest BCUT2D eigenvalue weighted by Crippen LogP contribution is -2.07. The van der Waals surface area contributed by atoms with Gasteiger partial charge in [-0.15, -0.1) is 0 Å². The Morgan fingerprint density at radius 3 is 1.20 bits per heavy atom. The molecule has 4 nitrogen and oxygen atoms in total. The van der Waals surface area contributed by atoms with E-state index >= 15 is 0 Å². The Morgan fingerprint density at radius 2 is 0.833 bits per heavy atom.